The molecule has 0 atom stereocenters. The van der Waals surface area contributed by atoms with E-state index in [0.29, 0.717) is 0 Å². The lowest BCUT2D eigenvalue weighted by molar-refractivity contribution is 0.220. The highest BCUT2D eigenvalue weighted by molar-refractivity contribution is 6.60. The number of rotatable bonds is 0. The van der Waals surface area contributed by atoms with E-state index in [1.54, 1.807) is 0 Å². The summed E-state index contributed by atoms with van der Waals surface area (Å²) in [5.74, 6) is 0. The van der Waals surface area contributed by atoms with Crippen LogP contribution in [0.2, 0.25) is 0 Å². The average molecular weight is 98.5 g/mol. The highest BCUT2D eigenvalue weighted by Crippen LogP contribution is 1.67. The quantitative estimate of drug-likeness (QED) is 0.436. The molecule has 5 heavy (non-hydrogen) atoms. The van der Waals surface area contributed by atoms with Gasteiger partial charge in [0.15, 0.2) is 0 Å². The van der Waals surface area contributed by atoms with Crippen molar-refractivity contribution in [2.75, 3.05) is 0 Å². The molecule has 0 saturated heterocycles. The van der Waals surface area contributed by atoms with Gasteiger partial charge in [0.2, 0.25) is 0 Å². The average Bonchev–Trinajstić information content (AvgIpc) is 0.811. The molecular weight excluding hydrogens is 95.5 g/mol. The number of hydrogen-bond acceptors (Lipinski definition) is 1. The molecule has 3 N–H and O–H groups in total. The minimum atomic E-state index is -1.36. The molecule has 0 heterocycles. The molecule has 0 fully saturated rings. The summed E-state index contributed by atoms with van der Waals surface area (Å²) in [6.07, 6.45) is 0. The molecule has 32 valence electrons. The standard InChI is InChI=1S/CHClO2.H2O/c2-1(3)4;/h(H,3,4);1H2. The van der Waals surface area contributed by atoms with Gasteiger partial charge in [0.25, 0.3) is 0 Å². The molecule has 0 aliphatic heterocycles. The summed E-state index contributed by atoms with van der Waals surface area (Å²) in [5, 5.41) is 7.18. The van der Waals surface area contributed by atoms with Gasteiger partial charge in [-0.25, -0.2) is 4.79 Å². The maximum atomic E-state index is 8.77. The smallest absolute Gasteiger partial charge is 0.401 e. The lowest BCUT2D eigenvalue weighted by Crippen LogP contribution is -1.66. The van der Waals surface area contributed by atoms with Crippen LogP contribution in [0, 0.1) is 0 Å². The highest BCUT2D eigenvalue weighted by Gasteiger charge is 1.71. The van der Waals surface area contributed by atoms with Crippen molar-refractivity contribution in [2.45, 2.75) is 0 Å². The predicted octanol–water partition coefficient (Wildman–Crippen LogP) is 0.0785. The summed E-state index contributed by atoms with van der Waals surface area (Å²) in [6, 6.07) is 0. The Labute approximate surface area is 33.5 Å². The summed E-state index contributed by atoms with van der Waals surface area (Å²) in [6.45, 7) is 0. The molecule has 0 saturated carbocycles. The van der Waals surface area contributed by atoms with Crippen LogP contribution in [0.5, 0.6) is 0 Å². The van der Waals surface area contributed by atoms with Crippen molar-refractivity contribution < 1.29 is 15.4 Å². The van der Waals surface area contributed by atoms with Crippen molar-refractivity contribution in [1.29, 1.82) is 0 Å². The van der Waals surface area contributed by atoms with E-state index in [0.717, 1.165) is 0 Å². The van der Waals surface area contributed by atoms with Crippen molar-refractivity contribution in [3.63, 3.8) is 0 Å². The third-order valence-electron chi connectivity index (χ3n) is 0. The van der Waals surface area contributed by atoms with Gasteiger partial charge in [0.05, 0.1) is 0 Å². The molecule has 0 rings (SSSR count). The van der Waals surface area contributed by atoms with Crippen molar-refractivity contribution in [1.82, 2.24) is 0 Å². The van der Waals surface area contributed by atoms with E-state index in [1.807, 2.05) is 0 Å². The SMILES string of the molecule is O.O=C(O)Cl. The third-order valence-corrected chi connectivity index (χ3v) is 0. The van der Waals surface area contributed by atoms with Gasteiger partial charge in [-0.3, -0.25) is 0 Å². The Morgan fingerprint density at radius 1 is 1.80 bits per heavy atom. The fraction of sp³-hybridized carbons (Fsp3) is 0. The highest BCUT2D eigenvalue weighted by atomic mass is 35.5. The van der Waals surface area contributed by atoms with Gasteiger partial charge in [-0.15, -0.1) is 0 Å². The third kappa shape index (κ3) is 140. The second kappa shape index (κ2) is 3.72. The minimum absolute atomic E-state index is 0. The maximum Gasteiger partial charge on any atom is 0.401 e. The molecule has 0 amide bonds. The summed E-state index contributed by atoms with van der Waals surface area (Å²) >= 11 is 4.19. The number of carboxylic acid groups (broad SMARTS) is 1. The normalized spacial score (nSPS) is 5.00. The zero-order chi connectivity index (χ0) is 3.58. The largest absolute Gasteiger partial charge is 0.469 e. The van der Waals surface area contributed by atoms with Crippen LogP contribution in [-0.2, 0) is 0 Å². The van der Waals surface area contributed by atoms with Crippen LogP contribution in [0.15, 0.2) is 0 Å². The molecule has 0 aliphatic rings. The number of halogens is 1. The van der Waals surface area contributed by atoms with Crippen molar-refractivity contribution in [3.8, 4) is 0 Å². The summed E-state index contributed by atoms with van der Waals surface area (Å²) in [7, 11) is 0. The maximum absolute atomic E-state index is 8.77. The first kappa shape index (κ1) is 8.83. The van der Waals surface area contributed by atoms with Crippen LogP contribution in [0.1, 0.15) is 0 Å². The van der Waals surface area contributed by atoms with Gasteiger partial charge < -0.3 is 10.6 Å². The van der Waals surface area contributed by atoms with Crippen LogP contribution in [0.25, 0.3) is 0 Å². The summed E-state index contributed by atoms with van der Waals surface area (Å²) in [5.41, 5.74) is -1.36. The van der Waals surface area contributed by atoms with E-state index in [4.69, 9.17) is 9.90 Å². The molecule has 0 radical (unpaired) electrons. The van der Waals surface area contributed by atoms with Gasteiger partial charge >= 0.3 is 5.43 Å². The summed E-state index contributed by atoms with van der Waals surface area (Å²) < 4.78 is 0. The zero-order valence-corrected chi connectivity index (χ0v) is 2.99. The Bertz CT molecular complexity index is 29.9. The van der Waals surface area contributed by atoms with Crippen molar-refractivity contribution >= 4 is 17.0 Å². The zero-order valence-electron chi connectivity index (χ0n) is 2.23. The first-order chi connectivity index (χ1) is 1.73. The van der Waals surface area contributed by atoms with Gasteiger partial charge in [-0.05, 0) is 0 Å². The molecule has 0 aromatic carbocycles. The predicted molar refractivity (Wildman–Crippen MR) is 17.5 cm³/mol. The molecule has 0 unspecified atom stereocenters. The lowest BCUT2D eigenvalue weighted by atomic mass is 11.6. The molecule has 0 aliphatic carbocycles. The van der Waals surface area contributed by atoms with Crippen LogP contribution in [0.3, 0.4) is 0 Å². The van der Waals surface area contributed by atoms with Crippen LogP contribution >= 0.6 is 11.6 Å². The minimum Gasteiger partial charge on any atom is -0.469 e. The molecule has 3 nitrogen and oxygen atoms in total. The first-order valence-electron chi connectivity index (χ1n) is 0.617. The monoisotopic (exact) mass is 98.0 g/mol. The van der Waals surface area contributed by atoms with Crippen molar-refractivity contribution in [2.24, 2.45) is 0 Å². The Morgan fingerprint density at radius 2 is 1.80 bits per heavy atom. The molecule has 0 aromatic rings. The van der Waals surface area contributed by atoms with E-state index in [1.165, 1.54) is 0 Å². The Hall–Kier alpha value is -0.280. The Morgan fingerprint density at radius 3 is 1.80 bits per heavy atom. The van der Waals surface area contributed by atoms with Gasteiger partial charge in [0, 0.05) is 11.6 Å². The van der Waals surface area contributed by atoms with Crippen LogP contribution < -0.4 is 0 Å². The topological polar surface area (TPSA) is 68.8 Å². The number of hydrogen-bond donors (Lipinski definition) is 1. The van der Waals surface area contributed by atoms with E-state index in [2.05, 4.69) is 11.6 Å². The van der Waals surface area contributed by atoms with Crippen LogP contribution in [0.4, 0.5) is 4.79 Å². The van der Waals surface area contributed by atoms with E-state index < -0.39 is 5.43 Å². The molecule has 4 heteroatoms. The molecule has 0 aromatic heterocycles. The second-order valence-electron chi connectivity index (χ2n) is 0.253. The van der Waals surface area contributed by atoms with Crippen LogP contribution in [-0.4, -0.2) is 16.0 Å². The van der Waals surface area contributed by atoms with Crippen molar-refractivity contribution in [3.05, 3.63) is 0 Å². The molecule has 0 spiro atoms. The van der Waals surface area contributed by atoms with Gasteiger partial charge in [-0.1, -0.05) is 0 Å². The van der Waals surface area contributed by atoms with E-state index in [-0.39, 0.29) is 5.48 Å². The lowest BCUT2D eigenvalue weighted by Gasteiger charge is -1.55. The Balaban J connectivity index is 0. The second-order valence-corrected chi connectivity index (χ2v) is 0.576. The van der Waals surface area contributed by atoms with E-state index >= 15 is 0 Å². The molecular formula is CH3ClO3. The number of carbonyl (C=O) groups is 1. The fourth-order valence-corrected chi connectivity index (χ4v) is 0. The molecule has 0 bridgehead atoms. The summed E-state index contributed by atoms with van der Waals surface area (Å²) in [4.78, 5) is 8.77. The van der Waals surface area contributed by atoms with Gasteiger partial charge in [0.1, 0.15) is 0 Å². The first-order valence-corrected chi connectivity index (χ1v) is 0.995. The van der Waals surface area contributed by atoms with E-state index in [9.17, 15) is 0 Å². The van der Waals surface area contributed by atoms with Gasteiger partial charge in [-0.2, -0.15) is 0 Å². The fourth-order valence-electron chi connectivity index (χ4n) is 0. The Kier molecular flexibility index (Phi) is 6.57.